The van der Waals surface area contributed by atoms with Crippen LogP contribution in [-0.4, -0.2) is 90.5 Å². The fourth-order valence-electron chi connectivity index (χ4n) is 8.05. The standard InChI is InChI=1S/C48H58BF2N5O9/c1-33-25-34(2)55-41(33)30-39-18-17-38(56(39)49(55,50)51)19-22-46(58)64-24-14-12-10-8-9-11-13-23-54-31-37(52-53-54)32-65-48-44(61-5)28-36(29-45(48)62-6)16-21-40(57)20-15-35-26-42(59-3)47(63-7)43(27-35)60-4/h15-18,20-21,25-31H,8-14,19,22-24,32H2,1-7H3/b20-15+,21-16+. The average molecular weight is 898 g/mol. The van der Waals surface area contributed by atoms with E-state index >= 15 is 8.63 Å². The zero-order valence-electron chi connectivity index (χ0n) is 38.2. The maximum absolute atomic E-state index is 15.6. The number of carbonyl (C=O) groups is 2. The number of esters is 1. The number of nitrogens with zero attached hydrogens (tertiary/aromatic N) is 5. The second-order valence-electron chi connectivity index (χ2n) is 15.8. The topological polar surface area (TPSA) is 137 Å². The molecule has 0 aliphatic carbocycles. The SMILES string of the molecule is COc1cc(/C=C/C(=O)/C=C/c2cc(OC)c(OCc3cn(CCCCCCCCCOC(=O)CCC4=[N+]5C(=Cc6c(C)cc(C)n6[B-]5(F)F)C=C4)nn3)c(OC)c2)cc(OC)c1OC. The van der Waals surface area contributed by atoms with Crippen LogP contribution in [0.1, 0.15) is 91.6 Å². The molecule has 0 N–H and O–H groups in total. The first-order chi connectivity index (χ1) is 31.4. The van der Waals surface area contributed by atoms with E-state index in [9.17, 15) is 9.59 Å². The van der Waals surface area contributed by atoms with Gasteiger partial charge >= 0.3 is 12.9 Å². The summed E-state index contributed by atoms with van der Waals surface area (Å²) in [5.41, 5.74) is 4.76. The molecule has 0 spiro atoms. The number of halogens is 2. The van der Waals surface area contributed by atoms with Crippen molar-refractivity contribution in [3.05, 3.63) is 100 Å². The van der Waals surface area contributed by atoms with Gasteiger partial charge in [0.1, 0.15) is 18.0 Å². The van der Waals surface area contributed by atoms with E-state index in [4.69, 9.17) is 33.2 Å². The molecule has 2 aromatic carbocycles. The van der Waals surface area contributed by atoms with E-state index in [0.29, 0.717) is 80.7 Å². The molecule has 346 valence electrons. The summed E-state index contributed by atoms with van der Waals surface area (Å²) in [7, 11) is 7.65. The van der Waals surface area contributed by atoms with Crippen molar-refractivity contribution >= 4 is 42.7 Å². The lowest BCUT2D eigenvalue weighted by atomic mass is 9.90. The van der Waals surface area contributed by atoms with Gasteiger partial charge in [0.25, 0.3) is 0 Å². The van der Waals surface area contributed by atoms with Crippen LogP contribution >= 0.6 is 0 Å². The molecule has 0 atom stereocenters. The third-order valence-electron chi connectivity index (χ3n) is 11.3. The highest BCUT2D eigenvalue weighted by Gasteiger charge is 2.52. The number of fused-ring (bicyclic) bond motifs is 2. The smallest absolute Gasteiger partial charge is 0.493 e. The number of aryl methyl sites for hydroxylation is 3. The van der Waals surface area contributed by atoms with E-state index < -0.39 is 6.97 Å². The predicted molar refractivity (Wildman–Crippen MR) is 245 cm³/mol. The maximum Gasteiger partial charge on any atom is 0.737 e. The lowest BCUT2D eigenvalue weighted by Gasteiger charge is -2.30. The Balaban J connectivity index is 0.858. The molecule has 4 aromatic rings. The minimum Gasteiger partial charge on any atom is -0.493 e. The zero-order chi connectivity index (χ0) is 46.5. The summed E-state index contributed by atoms with van der Waals surface area (Å²) in [6, 6.07) is 8.78. The largest absolute Gasteiger partial charge is 0.737 e. The number of ether oxygens (including phenoxy) is 7. The highest BCUT2D eigenvalue weighted by molar-refractivity contribution is 6.58. The Hall–Kier alpha value is -6.65. The van der Waals surface area contributed by atoms with Gasteiger partial charge in [0.2, 0.25) is 11.5 Å². The van der Waals surface area contributed by atoms with E-state index in [-0.39, 0.29) is 31.2 Å². The number of unbranched alkanes of at least 4 members (excludes halogenated alkanes) is 6. The summed E-state index contributed by atoms with van der Waals surface area (Å²) in [6.45, 7) is 0.678. The Morgan fingerprint density at radius 2 is 1.34 bits per heavy atom. The zero-order valence-corrected chi connectivity index (χ0v) is 38.2. The van der Waals surface area contributed by atoms with Crippen molar-refractivity contribution in [1.82, 2.24) is 19.5 Å². The van der Waals surface area contributed by atoms with E-state index in [1.165, 1.54) is 47.7 Å². The van der Waals surface area contributed by atoms with Crippen molar-refractivity contribution in [1.29, 1.82) is 0 Å². The summed E-state index contributed by atoms with van der Waals surface area (Å²) in [6.07, 6.45) is 20.3. The van der Waals surface area contributed by atoms with Crippen LogP contribution in [-0.2, 0) is 27.5 Å². The molecule has 0 saturated heterocycles. The minimum absolute atomic E-state index is 0.0504. The molecule has 0 amide bonds. The molecule has 14 nitrogen and oxygen atoms in total. The van der Waals surface area contributed by atoms with Gasteiger partial charge in [-0.05, 0) is 91.6 Å². The summed E-state index contributed by atoms with van der Waals surface area (Å²) < 4.78 is 74.2. The fraction of sp³-hybridized carbons (Fsp3) is 0.396. The number of allylic oxidation sites excluding steroid dienone is 4. The van der Waals surface area contributed by atoms with Crippen molar-refractivity contribution in [3.63, 3.8) is 0 Å². The molecule has 2 aliphatic heterocycles. The van der Waals surface area contributed by atoms with Gasteiger partial charge in [-0.25, -0.2) is 0 Å². The molecule has 0 bridgehead atoms. The van der Waals surface area contributed by atoms with Crippen molar-refractivity contribution in [2.75, 3.05) is 42.2 Å². The molecule has 2 aromatic heterocycles. The summed E-state index contributed by atoms with van der Waals surface area (Å²) in [5, 5.41) is 8.52. The van der Waals surface area contributed by atoms with Crippen LogP contribution in [0.4, 0.5) is 8.63 Å². The van der Waals surface area contributed by atoms with Gasteiger partial charge < -0.3 is 50.8 Å². The molecule has 0 radical (unpaired) electrons. The number of hydrogen-bond donors (Lipinski definition) is 0. The summed E-state index contributed by atoms with van der Waals surface area (Å²) >= 11 is 0. The van der Waals surface area contributed by atoms with E-state index in [0.717, 1.165) is 66.0 Å². The highest BCUT2D eigenvalue weighted by Crippen LogP contribution is 2.40. The number of aromatic nitrogens is 4. The second kappa shape index (κ2) is 22.3. The van der Waals surface area contributed by atoms with Crippen molar-refractivity contribution in [2.45, 2.75) is 84.8 Å². The van der Waals surface area contributed by atoms with Gasteiger partial charge in [-0.1, -0.05) is 49.5 Å². The van der Waals surface area contributed by atoms with Gasteiger partial charge in [0.15, 0.2) is 34.5 Å². The Bertz CT molecular complexity index is 2450. The van der Waals surface area contributed by atoms with E-state index in [1.807, 2.05) is 13.1 Å². The fourth-order valence-corrected chi connectivity index (χ4v) is 8.05. The molecule has 2 aliphatic rings. The van der Waals surface area contributed by atoms with Crippen LogP contribution in [0.2, 0.25) is 0 Å². The Kier molecular flexibility index (Phi) is 16.4. The lowest BCUT2D eigenvalue weighted by Crippen LogP contribution is -2.50. The summed E-state index contributed by atoms with van der Waals surface area (Å²) in [5.74, 6) is 2.07. The van der Waals surface area contributed by atoms with Crippen molar-refractivity contribution in [2.24, 2.45) is 0 Å². The van der Waals surface area contributed by atoms with Gasteiger partial charge in [0.05, 0.1) is 54.8 Å². The number of ketones is 1. The molecule has 0 unspecified atom stereocenters. The van der Waals surface area contributed by atoms with Crippen LogP contribution < -0.4 is 28.4 Å². The third kappa shape index (κ3) is 11.7. The monoisotopic (exact) mass is 897 g/mol. The third-order valence-corrected chi connectivity index (χ3v) is 11.3. The van der Waals surface area contributed by atoms with Gasteiger partial charge in [-0.2, -0.15) is 0 Å². The number of rotatable bonds is 25. The van der Waals surface area contributed by atoms with E-state index in [1.54, 1.807) is 72.3 Å². The van der Waals surface area contributed by atoms with Crippen LogP contribution in [0.15, 0.2) is 66.5 Å². The molecular weight excluding hydrogens is 839 g/mol. The van der Waals surface area contributed by atoms with Gasteiger partial charge in [-0.3, -0.25) is 14.3 Å². The van der Waals surface area contributed by atoms with E-state index in [2.05, 4.69) is 10.3 Å². The molecule has 17 heteroatoms. The maximum atomic E-state index is 15.6. The van der Waals surface area contributed by atoms with Crippen LogP contribution in [0, 0.1) is 13.8 Å². The highest BCUT2D eigenvalue weighted by atomic mass is 19.2. The number of carbonyl (C=O) groups excluding carboxylic acids is 2. The van der Waals surface area contributed by atoms with Gasteiger partial charge in [-0.15, -0.1) is 5.10 Å². The molecule has 0 saturated carbocycles. The van der Waals surface area contributed by atoms with Crippen LogP contribution in [0.25, 0.3) is 18.2 Å². The van der Waals surface area contributed by atoms with Gasteiger partial charge in [0, 0.05) is 36.9 Å². The molecule has 4 heterocycles. The lowest BCUT2D eigenvalue weighted by molar-refractivity contribution is -0.362. The Morgan fingerprint density at radius 3 is 1.94 bits per heavy atom. The summed E-state index contributed by atoms with van der Waals surface area (Å²) in [4.78, 5) is 25.2. The first-order valence-corrected chi connectivity index (χ1v) is 21.8. The molecule has 6 rings (SSSR count). The predicted octanol–water partition coefficient (Wildman–Crippen LogP) is 8.97. The number of methoxy groups -OCH3 is 5. The quantitative estimate of drug-likeness (QED) is 0.0273. The molecule has 65 heavy (non-hydrogen) atoms. The first-order valence-electron chi connectivity index (χ1n) is 21.8. The Morgan fingerprint density at radius 1 is 0.754 bits per heavy atom. The second-order valence-corrected chi connectivity index (χ2v) is 15.8. The van der Waals surface area contributed by atoms with Crippen molar-refractivity contribution < 1.29 is 55.9 Å². The minimum atomic E-state index is -4.04. The molecule has 0 fully saturated rings. The first kappa shape index (κ1) is 47.8. The average Bonchev–Trinajstić information content (AvgIpc) is 4.03. The Labute approximate surface area is 378 Å². The van der Waals surface area contributed by atoms with Crippen molar-refractivity contribution in [3.8, 4) is 34.5 Å². The normalized spacial score (nSPS) is 13.8. The molecular formula is C48H58BF2N5O9. The van der Waals surface area contributed by atoms with Crippen LogP contribution in [0.5, 0.6) is 34.5 Å². The number of hydrogen-bond acceptors (Lipinski definition) is 11. The number of benzene rings is 2. The van der Waals surface area contributed by atoms with Crippen LogP contribution in [0.3, 0.4) is 0 Å².